The topological polar surface area (TPSA) is 82.7 Å². The van der Waals surface area contributed by atoms with Crippen molar-refractivity contribution in [3.05, 3.63) is 72.8 Å². The minimum absolute atomic E-state index is 0.134. The Labute approximate surface area is 255 Å². The number of carbonyl (C=O) groups is 1. The molecule has 0 radical (unpaired) electrons. The number of H-pyrrole nitrogens is 1. The number of benzene rings is 3. The monoisotopic (exact) mass is 583 g/mol. The van der Waals surface area contributed by atoms with Crippen molar-refractivity contribution in [1.82, 2.24) is 15.1 Å². The second-order valence-electron chi connectivity index (χ2n) is 11.0. The third kappa shape index (κ3) is 7.94. The third-order valence-corrected chi connectivity index (χ3v) is 8.31. The van der Waals surface area contributed by atoms with E-state index in [0.717, 1.165) is 80.9 Å². The zero-order valence-corrected chi connectivity index (χ0v) is 25.7. The molecule has 8 nitrogen and oxygen atoms in total. The van der Waals surface area contributed by atoms with Gasteiger partial charge < -0.3 is 19.7 Å². The Morgan fingerprint density at radius 1 is 0.884 bits per heavy atom. The Hall–Kier alpha value is -3.88. The Morgan fingerprint density at radius 3 is 2.21 bits per heavy atom. The van der Waals surface area contributed by atoms with Crippen molar-refractivity contribution in [1.29, 1.82) is 0 Å². The van der Waals surface area contributed by atoms with Crippen molar-refractivity contribution in [2.75, 3.05) is 56.7 Å². The van der Waals surface area contributed by atoms with Crippen LogP contribution in [0.1, 0.15) is 39.5 Å². The minimum Gasteiger partial charge on any atom is -0.497 e. The number of rotatable bonds is 6. The van der Waals surface area contributed by atoms with E-state index in [0.29, 0.717) is 0 Å². The number of hydrogen-bond acceptors (Lipinski definition) is 6. The number of fused-ring (bicyclic) bond motifs is 1. The van der Waals surface area contributed by atoms with Crippen LogP contribution in [0.2, 0.25) is 0 Å². The van der Waals surface area contributed by atoms with E-state index in [9.17, 15) is 4.79 Å². The molecule has 0 bridgehead atoms. The quantitative estimate of drug-likeness (QED) is 0.266. The molecule has 3 aliphatic rings. The lowest BCUT2D eigenvalue weighted by Gasteiger charge is -2.40. The molecule has 0 atom stereocenters. The lowest BCUT2D eigenvalue weighted by molar-refractivity contribution is -0.117. The number of methoxy groups -OCH3 is 1. The molecule has 1 aliphatic carbocycles. The van der Waals surface area contributed by atoms with Gasteiger partial charge in [0.1, 0.15) is 5.75 Å². The summed E-state index contributed by atoms with van der Waals surface area (Å²) in [6.45, 7) is 10.2. The third-order valence-electron chi connectivity index (χ3n) is 8.31. The molecular formula is C35H45N5O3. The van der Waals surface area contributed by atoms with E-state index in [2.05, 4.69) is 67.8 Å². The maximum Gasteiger partial charge on any atom is 0.227 e. The molecule has 0 spiro atoms. The number of aromatic amines is 1. The maximum absolute atomic E-state index is 11.4. The first-order chi connectivity index (χ1) is 21.2. The van der Waals surface area contributed by atoms with Crippen LogP contribution in [0.25, 0.3) is 22.2 Å². The van der Waals surface area contributed by atoms with Gasteiger partial charge in [0, 0.05) is 60.5 Å². The molecule has 7 rings (SSSR count). The molecule has 2 aliphatic heterocycles. The molecule has 2 saturated heterocycles. The highest BCUT2D eigenvalue weighted by Gasteiger charge is 2.29. The van der Waals surface area contributed by atoms with Gasteiger partial charge in [-0.25, -0.2) is 0 Å². The van der Waals surface area contributed by atoms with E-state index >= 15 is 0 Å². The molecule has 4 aromatic rings. The molecule has 2 N–H and O–H groups in total. The van der Waals surface area contributed by atoms with Gasteiger partial charge in [-0.15, -0.1) is 0 Å². The molecule has 3 aromatic carbocycles. The Balaban J connectivity index is 0.000000194. The standard InChI is InChI=1S/C22H26N4O.C11H13NO2.C2H6/c1-2-4-21-20(3-1)22(24-23-21)17-5-7-18(8-6-17)25-11-9-19(10-12-25)26-13-15-27-16-14-26;1-14-10-6-4-9(5-7-10)12-11(13)8-2-3-8;1-2/h1-8,19H,9-16H2,(H,23,24);4-8H,2-3H2,1H3,(H,12,13);1-2H3. The summed E-state index contributed by atoms with van der Waals surface area (Å²) < 4.78 is 10.5. The number of morpholine rings is 1. The number of anilines is 2. The largest absolute Gasteiger partial charge is 0.497 e. The summed E-state index contributed by atoms with van der Waals surface area (Å²) in [4.78, 5) is 16.5. The van der Waals surface area contributed by atoms with E-state index in [4.69, 9.17) is 9.47 Å². The van der Waals surface area contributed by atoms with Crippen molar-refractivity contribution < 1.29 is 14.3 Å². The Bertz CT molecular complexity index is 1420. The van der Waals surface area contributed by atoms with Crippen LogP contribution < -0.4 is 15.0 Å². The molecule has 3 heterocycles. The van der Waals surface area contributed by atoms with E-state index in [1.165, 1.54) is 29.5 Å². The van der Waals surface area contributed by atoms with Crippen LogP contribution in [0.4, 0.5) is 11.4 Å². The van der Waals surface area contributed by atoms with E-state index < -0.39 is 0 Å². The van der Waals surface area contributed by atoms with Crippen molar-refractivity contribution in [2.24, 2.45) is 5.92 Å². The molecule has 1 aromatic heterocycles. The normalized spacial score (nSPS) is 17.3. The second kappa shape index (κ2) is 15.0. The summed E-state index contributed by atoms with van der Waals surface area (Å²) in [6, 6.07) is 25.3. The number of nitrogens with zero attached hydrogens (tertiary/aromatic N) is 3. The van der Waals surface area contributed by atoms with Gasteiger partial charge in [-0.1, -0.05) is 44.2 Å². The summed E-state index contributed by atoms with van der Waals surface area (Å²) in [5.41, 5.74) is 5.44. The number of hydrogen-bond donors (Lipinski definition) is 2. The molecule has 0 unspecified atom stereocenters. The summed E-state index contributed by atoms with van der Waals surface area (Å²) in [5.74, 6) is 1.18. The molecular weight excluding hydrogens is 538 g/mol. The maximum atomic E-state index is 11.4. The second-order valence-corrected chi connectivity index (χ2v) is 11.0. The van der Waals surface area contributed by atoms with Gasteiger partial charge in [0.15, 0.2) is 0 Å². The van der Waals surface area contributed by atoms with Crippen LogP contribution in [-0.2, 0) is 9.53 Å². The summed E-state index contributed by atoms with van der Waals surface area (Å²) in [5, 5.41) is 11.7. The van der Waals surface area contributed by atoms with Gasteiger partial charge in [-0.05, 0) is 68.1 Å². The van der Waals surface area contributed by atoms with Gasteiger partial charge in [-0.2, -0.15) is 5.10 Å². The van der Waals surface area contributed by atoms with Crippen LogP contribution in [-0.4, -0.2) is 73.5 Å². The van der Waals surface area contributed by atoms with Gasteiger partial charge in [0.2, 0.25) is 5.91 Å². The van der Waals surface area contributed by atoms with Crippen molar-refractivity contribution in [2.45, 2.75) is 45.6 Å². The van der Waals surface area contributed by atoms with Crippen LogP contribution in [0.15, 0.2) is 72.8 Å². The average molecular weight is 584 g/mol. The average Bonchev–Trinajstić information content (AvgIpc) is 3.86. The number of piperidine rings is 1. The molecule has 43 heavy (non-hydrogen) atoms. The first-order valence-corrected chi connectivity index (χ1v) is 15.7. The molecule has 3 fully saturated rings. The summed E-state index contributed by atoms with van der Waals surface area (Å²) in [6.07, 6.45) is 4.54. The lowest BCUT2D eigenvalue weighted by Crippen LogP contribution is -2.49. The van der Waals surface area contributed by atoms with Crippen molar-refractivity contribution >= 4 is 28.2 Å². The highest BCUT2D eigenvalue weighted by molar-refractivity contribution is 5.94. The fourth-order valence-corrected chi connectivity index (χ4v) is 5.71. The van der Waals surface area contributed by atoms with Gasteiger partial charge in [-0.3, -0.25) is 14.8 Å². The minimum atomic E-state index is 0.134. The van der Waals surface area contributed by atoms with Gasteiger partial charge in [0.05, 0.1) is 31.5 Å². The van der Waals surface area contributed by atoms with Crippen LogP contribution >= 0.6 is 0 Å². The van der Waals surface area contributed by atoms with E-state index in [-0.39, 0.29) is 11.8 Å². The van der Waals surface area contributed by atoms with Crippen LogP contribution in [0, 0.1) is 5.92 Å². The SMILES string of the molecule is CC.COc1ccc(NC(=O)C2CC2)cc1.c1ccc2c(-c3ccc(N4CCC(N5CCOCC5)CC4)cc3)n[nH]c2c1. The number of carbonyl (C=O) groups excluding carboxylic acids is 1. The predicted octanol–water partition coefficient (Wildman–Crippen LogP) is 6.60. The number of para-hydroxylation sites is 1. The van der Waals surface area contributed by atoms with E-state index in [1.807, 2.05) is 44.2 Å². The summed E-state index contributed by atoms with van der Waals surface area (Å²) >= 11 is 0. The molecule has 1 amide bonds. The number of ether oxygens (including phenoxy) is 2. The highest BCUT2D eigenvalue weighted by Crippen LogP contribution is 2.31. The fourth-order valence-electron chi connectivity index (χ4n) is 5.71. The number of aromatic nitrogens is 2. The summed E-state index contributed by atoms with van der Waals surface area (Å²) in [7, 11) is 1.62. The van der Waals surface area contributed by atoms with E-state index in [1.54, 1.807) is 7.11 Å². The van der Waals surface area contributed by atoms with Crippen LogP contribution in [0.5, 0.6) is 5.75 Å². The fraction of sp³-hybridized carbons (Fsp3) is 0.429. The van der Waals surface area contributed by atoms with Crippen molar-refractivity contribution in [3.8, 4) is 17.0 Å². The smallest absolute Gasteiger partial charge is 0.227 e. The molecule has 228 valence electrons. The van der Waals surface area contributed by atoms with Gasteiger partial charge in [0.25, 0.3) is 0 Å². The van der Waals surface area contributed by atoms with Crippen molar-refractivity contribution in [3.63, 3.8) is 0 Å². The van der Waals surface area contributed by atoms with Gasteiger partial charge >= 0.3 is 0 Å². The zero-order valence-electron chi connectivity index (χ0n) is 25.7. The zero-order chi connectivity index (χ0) is 30.0. The predicted molar refractivity (Wildman–Crippen MR) is 175 cm³/mol. The number of amides is 1. The highest BCUT2D eigenvalue weighted by atomic mass is 16.5. The lowest BCUT2D eigenvalue weighted by atomic mass is 10.0. The Morgan fingerprint density at radius 2 is 1.56 bits per heavy atom. The van der Waals surface area contributed by atoms with Crippen LogP contribution in [0.3, 0.4) is 0 Å². The Kier molecular flexibility index (Phi) is 10.7. The molecule has 8 heteroatoms. The molecule has 1 saturated carbocycles. The number of nitrogens with one attached hydrogen (secondary N) is 2. The first kappa shape index (κ1) is 30.6. The first-order valence-electron chi connectivity index (χ1n) is 15.7.